The monoisotopic (exact) mass is 364 g/mol. The number of likely N-dealkylation sites (tertiary alicyclic amines) is 1. The van der Waals surface area contributed by atoms with E-state index < -0.39 is 10.0 Å². The zero-order valence-electron chi connectivity index (χ0n) is 13.6. The summed E-state index contributed by atoms with van der Waals surface area (Å²) in [5.74, 6) is -0.687. The first-order chi connectivity index (χ1) is 11.7. The molecule has 2 aromatic carbocycles. The van der Waals surface area contributed by atoms with Crippen molar-refractivity contribution in [3.8, 4) is 17.2 Å². The van der Waals surface area contributed by atoms with Crippen LogP contribution >= 0.6 is 0 Å². The highest BCUT2D eigenvalue weighted by molar-refractivity contribution is 7.89. The molecule has 8 heteroatoms. The summed E-state index contributed by atoms with van der Waals surface area (Å²) in [4.78, 5) is 2.00. The Kier molecular flexibility index (Phi) is 4.36. The van der Waals surface area contributed by atoms with Gasteiger partial charge in [-0.3, -0.25) is 0 Å². The summed E-state index contributed by atoms with van der Waals surface area (Å²) < 4.78 is 23.3. The van der Waals surface area contributed by atoms with E-state index in [4.69, 9.17) is 5.14 Å². The maximum absolute atomic E-state index is 11.6. The summed E-state index contributed by atoms with van der Waals surface area (Å²) in [7, 11) is -1.95. The van der Waals surface area contributed by atoms with E-state index in [1.165, 1.54) is 30.3 Å². The number of likely N-dealkylation sites (N-methyl/N-ethyl adjacent to an activating group) is 1. The first-order valence-electron chi connectivity index (χ1n) is 7.73. The van der Waals surface area contributed by atoms with E-state index in [1.807, 2.05) is 7.05 Å². The van der Waals surface area contributed by atoms with Crippen molar-refractivity contribution in [3.05, 3.63) is 47.5 Å². The second-order valence-electron chi connectivity index (χ2n) is 6.45. The first-order valence-corrected chi connectivity index (χ1v) is 9.27. The predicted octanol–water partition coefficient (Wildman–Crippen LogP) is 1.26. The van der Waals surface area contributed by atoms with E-state index in [9.17, 15) is 23.7 Å². The van der Waals surface area contributed by atoms with Crippen LogP contribution in [-0.2, 0) is 10.0 Å². The summed E-state index contributed by atoms with van der Waals surface area (Å²) in [6.45, 7) is 1.27. The van der Waals surface area contributed by atoms with E-state index in [-0.39, 0.29) is 34.0 Å². The number of phenols is 3. The second kappa shape index (κ2) is 6.21. The topological polar surface area (TPSA) is 124 Å². The standard InChI is InChI=1S/C17H20N2O5S/c1-19-8-13(10-2-4-16(21)17(22)6-10)14(9-19)12-7-11(25(18,23)24)3-5-15(12)20/h2-7,13-14,20-22H,8-9H2,1H3,(H2,18,23,24)/t13-,14-/m0/s1. The van der Waals surface area contributed by atoms with Gasteiger partial charge in [-0.25, -0.2) is 13.6 Å². The molecule has 0 radical (unpaired) electrons. The molecule has 0 aromatic heterocycles. The van der Waals surface area contributed by atoms with Gasteiger partial charge in [-0.2, -0.15) is 0 Å². The van der Waals surface area contributed by atoms with Gasteiger partial charge in [0, 0.05) is 30.5 Å². The second-order valence-corrected chi connectivity index (χ2v) is 8.01. The number of nitrogens with two attached hydrogens (primary N) is 1. The molecule has 1 saturated heterocycles. The Balaban J connectivity index is 2.06. The van der Waals surface area contributed by atoms with Crippen molar-refractivity contribution in [1.29, 1.82) is 0 Å². The number of aromatic hydroxyl groups is 3. The fourth-order valence-corrected chi connectivity index (χ4v) is 3.98. The molecule has 0 saturated carbocycles. The van der Waals surface area contributed by atoms with Crippen molar-refractivity contribution in [1.82, 2.24) is 4.90 Å². The van der Waals surface area contributed by atoms with Crippen LogP contribution in [0.15, 0.2) is 41.3 Å². The van der Waals surface area contributed by atoms with Gasteiger partial charge in [-0.1, -0.05) is 6.07 Å². The van der Waals surface area contributed by atoms with Crippen LogP contribution in [-0.4, -0.2) is 48.8 Å². The molecule has 0 aliphatic carbocycles. The van der Waals surface area contributed by atoms with E-state index in [2.05, 4.69) is 4.90 Å². The fraction of sp³-hybridized carbons (Fsp3) is 0.294. The molecule has 1 aliphatic rings. The van der Waals surface area contributed by atoms with Crippen LogP contribution in [0.2, 0.25) is 0 Å². The minimum atomic E-state index is -3.88. The highest BCUT2D eigenvalue weighted by Gasteiger charge is 2.35. The highest BCUT2D eigenvalue weighted by Crippen LogP contribution is 2.44. The zero-order valence-corrected chi connectivity index (χ0v) is 14.4. The molecule has 0 spiro atoms. The third-order valence-corrected chi connectivity index (χ3v) is 5.57. The van der Waals surface area contributed by atoms with Crippen LogP contribution < -0.4 is 5.14 Å². The molecule has 1 aliphatic heterocycles. The lowest BCUT2D eigenvalue weighted by Gasteiger charge is -2.21. The molecule has 5 N–H and O–H groups in total. The Morgan fingerprint density at radius 3 is 2.24 bits per heavy atom. The number of benzene rings is 2. The van der Waals surface area contributed by atoms with Gasteiger partial charge in [-0.15, -0.1) is 0 Å². The number of hydrogen-bond donors (Lipinski definition) is 4. The van der Waals surface area contributed by atoms with E-state index in [1.54, 1.807) is 6.07 Å². The molecule has 134 valence electrons. The molecule has 0 bridgehead atoms. The Labute approximate surface area is 146 Å². The molecule has 0 amide bonds. The maximum Gasteiger partial charge on any atom is 0.238 e. The summed E-state index contributed by atoms with van der Waals surface area (Å²) in [6.07, 6.45) is 0. The minimum absolute atomic E-state index is 0.000648. The summed E-state index contributed by atoms with van der Waals surface area (Å²) in [5.41, 5.74) is 1.29. The molecular weight excluding hydrogens is 344 g/mol. The Morgan fingerprint density at radius 2 is 1.60 bits per heavy atom. The summed E-state index contributed by atoms with van der Waals surface area (Å²) in [5, 5.41) is 34.8. The molecule has 1 heterocycles. The molecule has 0 unspecified atom stereocenters. The lowest BCUT2D eigenvalue weighted by atomic mass is 9.83. The van der Waals surface area contributed by atoms with Crippen molar-refractivity contribution in [3.63, 3.8) is 0 Å². The number of phenolic OH excluding ortho intramolecular Hbond substituents is 3. The number of hydrogen-bond acceptors (Lipinski definition) is 6. The number of sulfonamides is 1. The van der Waals surface area contributed by atoms with Gasteiger partial charge >= 0.3 is 0 Å². The SMILES string of the molecule is CN1C[C@@H](c2ccc(O)c(O)c2)[C@H](c2cc(S(N)(=O)=O)ccc2O)C1. The largest absolute Gasteiger partial charge is 0.508 e. The molecule has 25 heavy (non-hydrogen) atoms. The summed E-state index contributed by atoms with van der Waals surface area (Å²) >= 11 is 0. The normalized spacial score (nSPS) is 21.5. The van der Waals surface area contributed by atoms with Gasteiger partial charge in [-0.05, 0) is 42.9 Å². The average molecular weight is 364 g/mol. The van der Waals surface area contributed by atoms with E-state index in [0.717, 1.165) is 5.56 Å². The molecule has 2 aromatic rings. The molecular formula is C17H20N2O5S. The third-order valence-electron chi connectivity index (χ3n) is 4.66. The quantitative estimate of drug-likeness (QED) is 0.608. The van der Waals surface area contributed by atoms with Crippen LogP contribution in [0.4, 0.5) is 0 Å². The van der Waals surface area contributed by atoms with Crippen LogP contribution in [0.1, 0.15) is 23.0 Å². The average Bonchev–Trinajstić information content (AvgIpc) is 2.91. The molecule has 3 rings (SSSR count). The molecule has 7 nitrogen and oxygen atoms in total. The Morgan fingerprint density at radius 1 is 0.960 bits per heavy atom. The van der Waals surface area contributed by atoms with Crippen molar-refractivity contribution in [2.45, 2.75) is 16.7 Å². The first kappa shape index (κ1) is 17.5. The third kappa shape index (κ3) is 3.41. The van der Waals surface area contributed by atoms with Crippen molar-refractivity contribution < 1.29 is 23.7 Å². The number of primary sulfonamides is 1. The smallest absolute Gasteiger partial charge is 0.238 e. The minimum Gasteiger partial charge on any atom is -0.508 e. The van der Waals surface area contributed by atoms with Crippen molar-refractivity contribution in [2.24, 2.45) is 5.14 Å². The zero-order chi connectivity index (χ0) is 18.4. The van der Waals surface area contributed by atoms with Crippen molar-refractivity contribution >= 4 is 10.0 Å². The highest BCUT2D eigenvalue weighted by atomic mass is 32.2. The van der Waals surface area contributed by atoms with Gasteiger partial charge in [0.25, 0.3) is 0 Å². The van der Waals surface area contributed by atoms with Crippen LogP contribution in [0.5, 0.6) is 17.2 Å². The molecule has 1 fully saturated rings. The molecule has 2 atom stereocenters. The fourth-order valence-electron chi connectivity index (χ4n) is 3.43. The van der Waals surface area contributed by atoms with Crippen LogP contribution in [0.3, 0.4) is 0 Å². The van der Waals surface area contributed by atoms with Gasteiger partial charge < -0.3 is 20.2 Å². The van der Waals surface area contributed by atoms with Gasteiger partial charge in [0.2, 0.25) is 10.0 Å². The Bertz CT molecular complexity index is 913. The van der Waals surface area contributed by atoms with Crippen LogP contribution in [0.25, 0.3) is 0 Å². The van der Waals surface area contributed by atoms with Crippen LogP contribution in [0, 0.1) is 0 Å². The number of rotatable bonds is 3. The van der Waals surface area contributed by atoms with Gasteiger partial charge in [0.15, 0.2) is 11.5 Å². The maximum atomic E-state index is 11.6. The van der Waals surface area contributed by atoms with Crippen molar-refractivity contribution in [2.75, 3.05) is 20.1 Å². The lowest BCUT2D eigenvalue weighted by Crippen LogP contribution is -2.15. The van der Waals surface area contributed by atoms with Gasteiger partial charge in [0.1, 0.15) is 5.75 Å². The predicted molar refractivity (Wildman–Crippen MR) is 92.2 cm³/mol. The lowest BCUT2D eigenvalue weighted by molar-refractivity contribution is 0.400. The van der Waals surface area contributed by atoms with E-state index >= 15 is 0 Å². The Hall–Kier alpha value is -2.29. The summed E-state index contributed by atoms with van der Waals surface area (Å²) in [6, 6.07) is 8.63. The van der Waals surface area contributed by atoms with Gasteiger partial charge in [0.05, 0.1) is 4.90 Å². The number of nitrogens with zero attached hydrogens (tertiary/aromatic N) is 1. The van der Waals surface area contributed by atoms with E-state index in [0.29, 0.717) is 18.7 Å².